The molecule has 2 rings (SSSR count). The Morgan fingerprint density at radius 3 is 2.71 bits per heavy atom. The predicted octanol–water partition coefficient (Wildman–Crippen LogP) is -0.688. The molecule has 1 aromatic rings. The summed E-state index contributed by atoms with van der Waals surface area (Å²) in [5.41, 5.74) is 14.2. The lowest BCUT2D eigenvalue weighted by Crippen LogP contribution is -2.32. The van der Waals surface area contributed by atoms with Crippen LogP contribution in [0, 0.1) is 0 Å². The third kappa shape index (κ3) is 2.52. The highest BCUT2D eigenvalue weighted by molar-refractivity contribution is 5.60. The predicted molar refractivity (Wildman–Crippen MR) is 67.8 cm³/mol. The van der Waals surface area contributed by atoms with Crippen molar-refractivity contribution in [2.45, 2.75) is 18.6 Å². The Morgan fingerprint density at radius 2 is 2.12 bits per heavy atom. The number of anilines is 2. The van der Waals surface area contributed by atoms with Crippen LogP contribution in [-0.4, -0.2) is 42.1 Å². The average molecular weight is 237 g/mol. The molecule has 94 valence electrons. The van der Waals surface area contributed by atoms with E-state index in [9.17, 15) is 5.11 Å². The first-order valence-corrected chi connectivity index (χ1v) is 5.79. The van der Waals surface area contributed by atoms with E-state index in [0.717, 1.165) is 11.3 Å². The molecule has 1 heterocycles. The number of nitrogens with two attached hydrogens (primary N) is 2. The summed E-state index contributed by atoms with van der Waals surface area (Å²) in [6, 6.07) is 5.40. The van der Waals surface area contributed by atoms with Gasteiger partial charge < -0.3 is 26.6 Å². The molecule has 0 spiro atoms. The van der Waals surface area contributed by atoms with Crippen LogP contribution in [0.25, 0.3) is 0 Å². The van der Waals surface area contributed by atoms with Gasteiger partial charge >= 0.3 is 0 Å². The number of aliphatic hydroxyl groups is 2. The van der Waals surface area contributed by atoms with Gasteiger partial charge in [0.25, 0.3) is 0 Å². The van der Waals surface area contributed by atoms with Gasteiger partial charge in [0, 0.05) is 37.1 Å². The van der Waals surface area contributed by atoms with Gasteiger partial charge in [-0.3, -0.25) is 0 Å². The van der Waals surface area contributed by atoms with Crippen LogP contribution in [0.4, 0.5) is 11.4 Å². The number of benzene rings is 1. The summed E-state index contributed by atoms with van der Waals surface area (Å²) in [7, 11) is 0. The molecule has 5 heteroatoms. The average Bonchev–Trinajstić information content (AvgIpc) is 2.60. The molecule has 2 unspecified atom stereocenters. The van der Waals surface area contributed by atoms with E-state index in [4.69, 9.17) is 16.6 Å². The molecule has 1 aliphatic heterocycles. The standard InChI is InChI=1S/C12H19N3O2/c13-9-1-2-11(8(5-9)3-4-16)15-6-10(14)12(17)7-15/h1-2,5,10,12,16-17H,3-4,6-7,13-14H2. The first-order chi connectivity index (χ1) is 8.11. The number of nitrogens with zero attached hydrogens (tertiary/aromatic N) is 1. The third-order valence-electron chi connectivity index (χ3n) is 3.16. The number of nitrogen functional groups attached to an aromatic ring is 1. The third-order valence-corrected chi connectivity index (χ3v) is 3.16. The largest absolute Gasteiger partial charge is 0.399 e. The Balaban J connectivity index is 2.25. The van der Waals surface area contributed by atoms with Crippen LogP contribution in [0.2, 0.25) is 0 Å². The Hall–Kier alpha value is -1.30. The molecular weight excluding hydrogens is 218 g/mol. The molecule has 5 nitrogen and oxygen atoms in total. The number of β-amino-alcohol motifs (C(OH)–C–C–N with tert-alkyl or cyclic N) is 1. The second-order valence-electron chi connectivity index (χ2n) is 4.50. The lowest BCUT2D eigenvalue weighted by Gasteiger charge is -2.21. The van der Waals surface area contributed by atoms with Gasteiger partial charge in [0.2, 0.25) is 0 Å². The van der Waals surface area contributed by atoms with Crippen LogP contribution in [0.1, 0.15) is 5.56 Å². The van der Waals surface area contributed by atoms with E-state index in [1.165, 1.54) is 0 Å². The maximum absolute atomic E-state index is 9.66. The van der Waals surface area contributed by atoms with Crippen LogP contribution in [0.3, 0.4) is 0 Å². The van der Waals surface area contributed by atoms with Crippen LogP contribution in [0.15, 0.2) is 18.2 Å². The van der Waals surface area contributed by atoms with Crippen molar-refractivity contribution in [3.05, 3.63) is 23.8 Å². The summed E-state index contributed by atoms with van der Waals surface area (Å²) < 4.78 is 0. The second kappa shape index (κ2) is 4.91. The first-order valence-electron chi connectivity index (χ1n) is 5.79. The molecule has 0 radical (unpaired) electrons. The van der Waals surface area contributed by atoms with Gasteiger partial charge in [-0.1, -0.05) is 0 Å². The molecule has 1 aliphatic rings. The summed E-state index contributed by atoms with van der Waals surface area (Å²) in [5, 5.41) is 18.7. The Morgan fingerprint density at radius 1 is 1.35 bits per heavy atom. The zero-order valence-corrected chi connectivity index (χ0v) is 9.71. The quantitative estimate of drug-likeness (QED) is 0.522. The lowest BCUT2D eigenvalue weighted by atomic mass is 10.1. The molecule has 6 N–H and O–H groups in total. The molecule has 1 saturated heterocycles. The van der Waals surface area contributed by atoms with E-state index >= 15 is 0 Å². The molecule has 0 amide bonds. The van der Waals surface area contributed by atoms with Gasteiger partial charge in [-0.2, -0.15) is 0 Å². The zero-order chi connectivity index (χ0) is 12.4. The summed E-state index contributed by atoms with van der Waals surface area (Å²) in [5.74, 6) is 0. The summed E-state index contributed by atoms with van der Waals surface area (Å²) in [6.07, 6.45) is 0.0666. The first kappa shape index (κ1) is 12.2. The normalized spacial score (nSPS) is 24.3. The molecule has 0 bridgehead atoms. The molecule has 2 atom stereocenters. The number of hydrogen-bond acceptors (Lipinski definition) is 5. The lowest BCUT2D eigenvalue weighted by molar-refractivity contribution is 0.180. The summed E-state index contributed by atoms with van der Waals surface area (Å²) in [6.45, 7) is 1.24. The minimum atomic E-state index is -0.491. The Kier molecular flexibility index (Phi) is 3.51. The van der Waals surface area contributed by atoms with E-state index in [1.807, 2.05) is 23.1 Å². The van der Waals surface area contributed by atoms with Crippen LogP contribution < -0.4 is 16.4 Å². The van der Waals surface area contributed by atoms with E-state index in [-0.39, 0.29) is 12.6 Å². The van der Waals surface area contributed by atoms with Gasteiger partial charge in [0.1, 0.15) is 0 Å². The minimum Gasteiger partial charge on any atom is -0.399 e. The summed E-state index contributed by atoms with van der Waals surface area (Å²) in [4.78, 5) is 2.04. The monoisotopic (exact) mass is 237 g/mol. The van der Waals surface area contributed by atoms with E-state index in [0.29, 0.717) is 25.2 Å². The van der Waals surface area contributed by atoms with Crippen LogP contribution >= 0.6 is 0 Å². The maximum Gasteiger partial charge on any atom is 0.0882 e. The fraction of sp³-hybridized carbons (Fsp3) is 0.500. The molecule has 17 heavy (non-hydrogen) atoms. The van der Waals surface area contributed by atoms with Gasteiger partial charge in [0.05, 0.1) is 6.10 Å². The van der Waals surface area contributed by atoms with Gasteiger partial charge in [0.15, 0.2) is 0 Å². The van der Waals surface area contributed by atoms with Crippen molar-refractivity contribution in [3.63, 3.8) is 0 Å². The van der Waals surface area contributed by atoms with Crippen LogP contribution in [-0.2, 0) is 6.42 Å². The summed E-state index contributed by atoms with van der Waals surface area (Å²) >= 11 is 0. The van der Waals surface area contributed by atoms with Crippen molar-refractivity contribution in [2.75, 3.05) is 30.3 Å². The molecule has 0 aromatic heterocycles. The van der Waals surface area contributed by atoms with Crippen molar-refractivity contribution < 1.29 is 10.2 Å². The highest BCUT2D eigenvalue weighted by atomic mass is 16.3. The zero-order valence-electron chi connectivity index (χ0n) is 9.71. The topological polar surface area (TPSA) is 95.7 Å². The van der Waals surface area contributed by atoms with Crippen molar-refractivity contribution in [1.29, 1.82) is 0 Å². The van der Waals surface area contributed by atoms with Crippen LogP contribution in [0.5, 0.6) is 0 Å². The van der Waals surface area contributed by atoms with E-state index in [2.05, 4.69) is 0 Å². The second-order valence-corrected chi connectivity index (χ2v) is 4.50. The van der Waals surface area contributed by atoms with Gasteiger partial charge in [-0.15, -0.1) is 0 Å². The number of aliphatic hydroxyl groups excluding tert-OH is 2. The highest BCUT2D eigenvalue weighted by Gasteiger charge is 2.29. The van der Waals surface area contributed by atoms with Crippen molar-refractivity contribution in [3.8, 4) is 0 Å². The smallest absolute Gasteiger partial charge is 0.0882 e. The molecule has 0 saturated carbocycles. The fourth-order valence-corrected chi connectivity index (χ4v) is 2.24. The molecule has 0 aliphatic carbocycles. The maximum atomic E-state index is 9.66. The Labute approximate surface area is 101 Å². The molecule has 1 fully saturated rings. The van der Waals surface area contributed by atoms with Crippen molar-refractivity contribution in [1.82, 2.24) is 0 Å². The minimum absolute atomic E-state index is 0.0822. The fourth-order valence-electron chi connectivity index (χ4n) is 2.24. The van der Waals surface area contributed by atoms with Crippen molar-refractivity contribution >= 4 is 11.4 Å². The Bertz CT molecular complexity index is 387. The van der Waals surface area contributed by atoms with E-state index < -0.39 is 6.10 Å². The van der Waals surface area contributed by atoms with Gasteiger partial charge in [-0.05, 0) is 30.2 Å². The molecule has 1 aromatic carbocycles. The van der Waals surface area contributed by atoms with Crippen molar-refractivity contribution in [2.24, 2.45) is 5.73 Å². The number of rotatable bonds is 3. The van der Waals surface area contributed by atoms with E-state index in [1.54, 1.807) is 0 Å². The number of hydrogen-bond donors (Lipinski definition) is 4. The molecular formula is C12H19N3O2. The highest BCUT2D eigenvalue weighted by Crippen LogP contribution is 2.26. The SMILES string of the molecule is Nc1ccc(N2CC(N)C(O)C2)c(CCO)c1. The van der Waals surface area contributed by atoms with Gasteiger partial charge in [-0.25, -0.2) is 0 Å².